The zero-order valence-corrected chi connectivity index (χ0v) is 12.0. The quantitative estimate of drug-likeness (QED) is 0.591. The van der Waals surface area contributed by atoms with E-state index in [1.54, 1.807) is 6.92 Å². The van der Waals surface area contributed by atoms with E-state index in [1.807, 2.05) is 6.92 Å². The summed E-state index contributed by atoms with van der Waals surface area (Å²) in [7, 11) is 0. The molecular weight excluding hydrogens is 276 g/mol. The fourth-order valence-electron chi connectivity index (χ4n) is 1.96. The van der Waals surface area contributed by atoms with Gasteiger partial charge in [-0.05, 0) is 24.5 Å². The lowest BCUT2D eigenvalue weighted by Gasteiger charge is -2.14. The van der Waals surface area contributed by atoms with Gasteiger partial charge in [-0.3, -0.25) is 19.7 Å². The van der Waals surface area contributed by atoms with E-state index in [9.17, 15) is 19.7 Å². The van der Waals surface area contributed by atoms with Crippen molar-refractivity contribution in [3.63, 3.8) is 0 Å². The van der Waals surface area contributed by atoms with Gasteiger partial charge < -0.3 is 10.4 Å². The van der Waals surface area contributed by atoms with Crippen LogP contribution in [0.5, 0.6) is 0 Å². The molecule has 2 N–H and O–H groups in total. The lowest BCUT2D eigenvalue weighted by molar-refractivity contribution is -0.384. The lowest BCUT2D eigenvalue weighted by Crippen LogP contribution is -2.30. The van der Waals surface area contributed by atoms with Gasteiger partial charge in [0.2, 0.25) is 0 Å². The van der Waals surface area contributed by atoms with Crippen molar-refractivity contribution in [2.45, 2.75) is 26.7 Å². The van der Waals surface area contributed by atoms with Crippen LogP contribution in [0.25, 0.3) is 0 Å². The Balaban J connectivity index is 2.71. The van der Waals surface area contributed by atoms with Crippen LogP contribution in [0.2, 0.25) is 0 Å². The number of carbonyl (C=O) groups is 2. The van der Waals surface area contributed by atoms with Gasteiger partial charge in [-0.2, -0.15) is 0 Å². The number of benzene rings is 1. The molecule has 1 amide bonds. The Labute approximate surface area is 122 Å². The molecule has 0 aliphatic heterocycles. The minimum atomic E-state index is -0.900. The van der Waals surface area contributed by atoms with Gasteiger partial charge in [0.1, 0.15) is 0 Å². The molecule has 0 aliphatic carbocycles. The third-order valence-electron chi connectivity index (χ3n) is 3.26. The molecule has 7 nitrogen and oxygen atoms in total. The number of rotatable bonds is 7. The molecule has 0 saturated heterocycles. The zero-order valence-electron chi connectivity index (χ0n) is 12.0. The highest BCUT2D eigenvalue weighted by Crippen LogP contribution is 2.17. The number of amides is 1. The number of carboxylic acids is 1. The number of hydrogen-bond donors (Lipinski definition) is 2. The number of carboxylic acid groups (broad SMARTS) is 1. The molecule has 1 atom stereocenters. The van der Waals surface area contributed by atoms with E-state index in [1.165, 1.54) is 18.2 Å². The summed E-state index contributed by atoms with van der Waals surface area (Å²) >= 11 is 0. The van der Waals surface area contributed by atoms with E-state index >= 15 is 0 Å². The normalized spacial score (nSPS) is 11.7. The van der Waals surface area contributed by atoms with Crippen molar-refractivity contribution in [2.24, 2.45) is 5.92 Å². The van der Waals surface area contributed by atoms with E-state index < -0.39 is 10.9 Å². The standard InChI is InChI=1S/C14H18N2O5/c1-3-10(7-13(17)18)8-15-14(19)12-5-4-11(16(20)21)6-9(12)2/h4-6,10H,3,7-8H2,1-2H3,(H,15,19)(H,17,18). The van der Waals surface area contributed by atoms with Crippen molar-refractivity contribution in [2.75, 3.05) is 6.54 Å². The third kappa shape index (κ3) is 4.87. The number of nitrogens with one attached hydrogen (secondary N) is 1. The molecule has 114 valence electrons. The van der Waals surface area contributed by atoms with Gasteiger partial charge in [0.05, 0.1) is 4.92 Å². The first-order valence-corrected chi connectivity index (χ1v) is 6.60. The second-order valence-electron chi connectivity index (χ2n) is 4.84. The van der Waals surface area contributed by atoms with Gasteiger partial charge in [0.15, 0.2) is 0 Å². The molecule has 0 spiro atoms. The second kappa shape index (κ2) is 7.37. The molecule has 0 aliphatic rings. The Kier molecular flexibility index (Phi) is 5.83. The molecule has 0 heterocycles. The lowest BCUT2D eigenvalue weighted by atomic mass is 10.0. The van der Waals surface area contributed by atoms with Crippen LogP contribution in [0.3, 0.4) is 0 Å². The Bertz CT molecular complexity index is 556. The minimum absolute atomic E-state index is 0.00394. The van der Waals surface area contributed by atoms with E-state index in [0.717, 1.165) is 0 Å². The highest BCUT2D eigenvalue weighted by Gasteiger charge is 2.16. The van der Waals surface area contributed by atoms with E-state index in [2.05, 4.69) is 5.32 Å². The van der Waals surface area contributed by atoms with Crippen LogP contribution in [0.4, 0.5) is 5.69 Å². The van der Waals surface area contributed by atoms with Crippen molar-refractivity contribution in [1.29, 1.82) is 0 Å². The molecule has 1 unspecified atom stereocenters. The molecule has 21 heavy (non-hydrogen) atoms. The Morgan fingerprint density at radius 3 is 2.57 bits per heavy atom. The molecule has 1 aromatic rings. The predicted molar refractivity (Wildman–Crippen MR) is 76.2 cm³/mol. The van der Waals surface area contributed by atoms with Gasteiger partial charge in [-0.1, -0.05) is 13.3 Å². The molecule has 0 bridgehead atoms. The van der Waals surface area contributed by atoms with Crippen molar-refractivity contribution in [3.8, 4) is 0 Å². The van der Waals surface area contributed by atoms with Gasteiger partial charge in [-0.25, -0.2) is 0 Å². The molecule has 0 radical (unpaired) electrons. The first kappa shape index (κ1) is 16.6. The van der Waals surface area contributed by atoms with Crippen LogP contribution in [-0.4, -0.2) is 28.5 Å². The van der Waals surface area contributed by atoms with E-state index in [0.29, 0.717) is 17.5 Å². The van der Waals surface area contributed by atoms with Crippen LogP contribution >= 0.6 is 0 Å². The Morgan fingerprint density at radius 1 is 1.43 bits per heavy atom. The van der Waals surface area contributed by atoms with E-state index in [4.69, 9.17) is 5.11 Å². The Hall–Kier alpha value is -2.44. The summed E-state index contributed by atoms with van der Waals surface area (Å²) in [4.78, 5) is 32.8. The molecule has 7 heteroatoms. The van der Waals surface area contributed by atoms with E-state index in [-0.39, 0.29) is 30.5 Å². The van der Waals surface area contributed by atoms with Crippen molar-refractivity contribution in [1.82, 2.24) is 5.32 Å². The zero-order chi connectivity index (χ0) is 16.0. The maximum Gasteiger partial charge on any atom is 0.303 e. The summed E-state index contributed by atoms with van der Waals surface area (Å²) in [6, 6.07) is 4.01. The molecule has 0 fully saturated rings. The monoisotopic (exact) mass is 294 g/mol. The number of nitro groups is 1. The topological polar surface area (TPSA) is 110 Å². The van der Waals surface area contributed by atoms with Crippen LogP contribution in [-0.2, 0) is 4.79 Å². The second-order valence-corrected chi connectivity index (χ2v) is 4.84. The fraction of sp³-hybridized carbons (Fsp3) is 0.429. The summed E-state index contributed by atoms with van der Waals surface area (Å²) in [6.07, 6.45) is 0.641. The largest absolute Gasteiger partial charge is 0.481 e. The first-order chi connectivity index (χ1) is 9.85. The van der Waals surface area contributed by atoms with Gasteiger partial charge in [0.25, 0.3) is 11.6 Å². The maximum atomic E-state index is 12.0. The number of nitro benzene ring substituents is 1. The highest BCUT2D eigenvalue weighted by atomic mass is 16.6. The van der Waals surface area contributed by atoms with Crippen molar-refractivity contribution >= 4 is 17.6 Å². The van der Waals surface area contributed by atoms with Gasteiger partial charge in [-0.15, -0.1) is 0 Å². The number of aryl methyl sites for hydroxylation is 1. The number of nitrogens with zero attached hydrogens (tertiary/aromatic N) is 1. The summed E-state index contributed by atoms with van der Waals surface area (Å²) in [5, 5.41) is 22.1. The average molecular weight is 294 g/mol. The van der Waals surface area contributed by atoms with Crippen molar-refractivity contribution < 1.29 is 19.6 Å². The maximum absolute atomic E-state index is 12.0. The van der Waals surface area contributed by atoms with Crippen LogP contribution in [0.15, 0.2) is 18.2 Å². The van der Waals surface area contributed by atoms with Gasteiger partial charge in [0, 0.05) is 30.7 Å². The minimum Gasteiger partial charge on any atom is -0.481 e. The number of carbonyl (C=O) groups excluding carboxylic acids is 1. The average Bonchev–Trinajstić information content (AvgIpc) is 2.42. The highest BCUT2D eigenvalue weighted by molar-refractivity contribution is 5.95. The summed E-state index contributed by atoms with van der Waals surface area (Å²) in [5.41, 5.74) is 0.792. The smallest absolute Gasteiger partial charge is 0.303 e. The van der Waals surface area contributed by atoms with Crippen LogP contribution in [0, 0.1) is 23.0 Å². The van der Waals surface area contributed by atoms with Crippen LogP contribution in [0.1, 0.15) is 35.7 Å². The fourth-order valence-corrected chi connectivity index (χ4v) is 1.96. The molecule has 0 saturated carbocycles. The van der Waals surface area contributed by atoms with Crippen molar-refractivity contribution in [3.05, 3.63) is 39.4 Å². The molecule has 1 rings (SSSR count). The third-order valence-corrected chi connectivity index (χ3v) is 3.26. The molecule has 0 aromatic heterocycles. The number of hydrogen-bond acceptors (Lipinski definition) is 4. The molecular formula is C14H18N2O5. The number of aliphatic carboxylic acids is 1. The van der Waals surface area contributed by atoms with Crippen LogP contribution < -0.4 is 5.32 Å². The predicted octanol–water partition coefficient (Wildman–Crippen LogP) is 2.13. The summed E-state index contributed by atoms with van der Waals surface area (Å²) in [6.45, 7) is 3.74. The summed E-state index contributed by atoms with van der Waals surface area (Å²) in [5.74, 6) is -1.39. The van der Waals surface area contributed by atoms with Gasteiger partial charge >= 0.3 is 5.97 Å². The summed E-state index contributed by atoms with van der Waals surface area (Å²) < 4.78 is 0. The first-order valence-electron chi connectivity index (χ1n) is 6.60. The number of non-ortho nitro benzene ring substituents is 1. The SMILES string of the molecule is CCC(CNC(=O)c1ccc([N+](=O)[O-])cc1C)CC(=O)O. The molecule has 1 aromatic carbocycles. The Morgan fingerprint density at radius 2 is 2.10 bits per heavy atom.